The Labute approximate surface area is 196 Å². The Balaban J connectivity index is 1.16. The normalized spacial score (nSPS) is 16.9. The first kappa shape index (κ1) is 21.2. The number of hydrogen-bond donors (Lipinski definition) is 2. The number of fused-ring (bicyclic) bond motifs is 1. The highest BCUT2D eigenvalue weighted by Crippen LogP contribution is 2.48. The minimum atomic E-state index is -0.131. The molecule has 1 fully saturated rings. The van der Waals surface area contributed by atoms with E-state index in [2.05, 4.69) is 15.6 Å². The molecule has 1 aliphatic rings. The van der Waals surface area contributed by atoms with Crippen molar-refractivity contribution in [1.29, 1.82) is 0 Å². The molecular weight excluding hydrogens is 434 g/mol. The molecule has 1 saturated carbocycles. The van der Waals surface area contributed by atoms with E-state index >= 15 is 0 Å². The summed E-state index contributed by atoms with van der Waals surface area (Å²) < 4.78 is 0. The average molecular weight is 456 g/mol. The number of carbonyl (C=O) groups is 2. The maximum atomic E-state index is 12.7. The molecule has 33 heavy (non-hydrogen) atoms. The van der Waals surface area contributed by atoms with Crippen LogP contribution in [0.15, 0.2) is 85.2 Å². The molecule has 2 unspecified atom stereocenters. The number of pyridine rings is 1. The third kappa shape index (κ3) is 4.89. The quantitative estimate of drug-likeness (QED) is 0.400. The Morgan fingerprint density at radius 1 is 0.939 bits per heavy atom. The molecule has 3 aromatic carbocycles. The van der Waals surface area contributed by atoms with Gasteiger partial charge in [0, 0.05) is 46.5 Å². The van der Waals surface area contributed by atoms with Gasteiger partial charge < -0.3 is 10.6 Å². The van der Waals surface area contributed by atoms with E-state index < -0.39 is 0 Å². The van der Waals surface area contributed by atoms with Crippen LogP contribution in [-0.2, 0) is 11.3 Å². The molecule has 0 saturated heterocycles. The van der Waals surface area contributed by atoms with Crippen LogP contribution in [-0.4, -0.2) is 16.8 Å². The van der Waals surface area contributed by atoms with E-state index in [0.717, 1.165) is 34.0 Å². The van der Waals surface area contributed by atoms with E-state index in [0.29, 0.717) is 17.1 Å². The molecule has 5 rings (SSSR count). The van der Waals surface area contributed by atoms with Crippen molar-refractivity contribution >= 4 is 39.9 Å². The van der Waals surface area contributed by atoms with Crippen molar-refractivity contribution in [2.45, 2.75) is 18.9 Å². The molecule has 2 amide bonds. The number of benzene rings is 3. The topological polar surface area (TPSA) is 71.1 Å². The van der Waals surface area contributed by atoms with Crippen LogP contribution in [0.5, 0.6) is 0 Å². The highest BCUT2D eigenvalue weighted by Gasteiger charge is 2.43. The zero-order chi connectivity index (χ0) is 22.8. The number of aromatic nitrogens is 1. The van der Waals surface area contributed by atoms with Gasteiger partial charge in [-0.2, -0.15) is 0 Å². The summed E-state index contributed by atoms with van der Waals surface area (Å²) in [5, 5.41) is 8.70. The molecule has 1 heterocycles. The number of amides is 2. The molecule has 0 spiro atoms. The summed E-state index contributed by atoms with van der Waals surface area (Å²) >= 11 is 5.89. The first-order valence-electron chi connectivity index (χ1n) is 10.8. The van der Waals surface area contributed by atoms with E-state index in [1.807, 2.05) is 60.7 Å². The van der Waals surface area contributed by atoms with Crippen LogP contribution in [0.1, 0.15) is 33.8 Å². The molecule has 4 aromatic rings. The van der Waals surface area contributed by atoms with Gasteiger partial charge in [-0.1, -0.05) is 41.9 Å². The third-order valence-electron chi connectivity index (χ3n) is 6.00. The van der Waals surface area contributed by atoms with Crippen LogP contribution in [0.4, 0.5) is 5.69 Å². The molecule has 1 aliphatic carbocycles. The van der Waals surface area contributed by atoms with E-state index in [1.54, 1.807) is 24.5 Å². The number of rotatable bonds is 6. The van der Waals surface area contributed by atoms with E-state index in [4.69, 9.17) is 11.6 Å². The standard InChI is InChI=1S/C27H22ClN3O2/c28-22-8-1-17(2-9-22)15-30-26(32)19-5-3-18(4-6-19)24-14-25(24)27(33)31-23-10-7-21-16-29-12-11-20(21)13-23/h1-13,16,24-25H,14-15H2,(H,30,32)(H,31,33). The minimum absolute atomic E-state index is 0.0261. The van der Waals surface area contributed by atoms with Gasteiger partial charge in [0.1, 0.15) is 0 Å². The minimum Gasteiger partial charge on any atom is -0.348 e. The second kappa shape index (κ2) is 9.04. The Bertz CT molecular complexity index is 1320. The van der Waals surface area contributed by atoms with E-state index in [9.17, 15) is 9.59 Å². The van der Waals surface area contributed by atoms with Gasteiger partial charge in [0.15, 0.2) is 0 Å². The summed E-state index contributed by atoms with van der Waals surface area (Å²) in [5.74, 6) is 0.0230. The predicted octanol–water partition coefficient (Wildman–Crippen LogP) is 5.56. The predicted molar refractivity (Wildman–Crippen MR) is 130 cm³/mol. The van der Waals surface area contributed by atoms with Crippen molar-refractivity contribution in [3.63, 3.8) is 0 Å². The van der Waals surface area contributed by atoms with Crippen molar-refractivity contribution in [1.82, 2.24) is 10.3 Å². The maximum absolute atomic E-state index is 12.7. The molecule has 5 nitrogen and oxygen atoms in total. The van der Waals surface area contributed by atoms with Crippen LogP contribution in [0.25, 0.3) is 10.8 Å². The van der Waals surface area contributed by atoms with Crippen LogP contribution < -0.4 is 10.6 Å². The largest absolute Gasteiger partial charge is 0.348 e. The highest BCUT2D eigenvalue weighted by atomic mass is 35.5. The molecule has 2 N–H and O–H groups in total. The Morgan fingerprint density at radius 3 is 2.52 bits per heavy atom. The van der Waals surface area contributed by atoms with Crippen LogP contribution in [0, 0.1) is 5.92 Å². The van der Waals surface area contributed by atoms with Gasteiger partial charge in [0.05, 0.1) is 0 Å². The fraction of sp³-hybridized carbons (Fsp3) is 0.148. The molecule has 2 atom stereocenters. The number of nitrogens with zero attached hydrogens (tertiary/aromatic N) is 1. The second-order valence-electron chi connectivity index (χ2n) is 8.31. The number of hydrogen-bond acceptors (Lipinski definition) is 3. The number of carbonyl (C=O) groups excluding carboxylic acids is 2. The maximum Gasteiger partial charge on any atom is 0.251 e. The van der Waals surface area contributed by atoms with Crippen molar-refractivity contribution < 1.29 is 9.59 Å². The zero-order valence-electron chi connectivity index (χ0n) is 17.8. The van der Waals surface area contributed by atoms with Gasteiger partial charge in [0.25, 0.3) is 5.91 Å². The first-order valence-corrected chi connectivity index (χ1v) is 11.2. The Morgan fingerprint density at radius 2 is 1.73 bits per heavy atom. The Hall–Kier alpha value is -3.70. The molecule has 1 aromatic heterocycles. The molecule has 0 radical (unpaired) electrons. The first-order chi connectivity index (χ1) is 16.1. The summed E-state index contributed by atoms with van der Waals surface area (Å²) in [6.07, 6.45) is 4.36. The lowest BCUT2D eigenvalue weighted by molar-refractivity contribution is -0.117. The molecular formula is C27H22ClN3O2. The summed E-state index contributed by atoms with van der Waals surface area (Å²) in [6, 6.07) is 22.6. The van der Waals surface area contributed by atoms with Crippen molar-refractivity contribution in [3.8, 4) is 0 Å². The van der Waals surface area contributed by atoms with Crippen molar-refractivity contribution in [2.24, 2.45) is 5.92 Å². The summed E-state index contributed by atoms with van der Waals surface area (Å²) in [7, 11) is 0. The van der Waals surface area contributed by atoms with Crippen molar-refractivity contribution in [3.05, 3.63) is 107 Å². The highest BCUT2D eigenvalue weighted by molar-refractivity contribution is 6.30. The molecule has 0 aliphatic heterocycles. The van der Waals surface area contributed by atoms with Gasteiger partial charge in [0.2, 0.25) is 5.91 Å². The number of nitrogens with one attached hydrogen (secondary N) is 2. The second-order valence-corrected chi connectivity index (χ2v) is 8.74. The van der Waals surface area contributed by atoms with E-state index in [1.165, 1.54) is 0 Å². The fourth-order valence-corrected chi connectivity index (χ4v) is 4.14. The van der Waals surface area contributed by atoms with Crippen molar-refractivity contribution in [2.75, 3.05) is 5.32 Å². The lowest BCUT2D eigenvalue weighted by Crippen LogP contribution is -2.22. The molecule has 0 bridgehead atoms. The van der Waals surface area contributed by atoms with Gasteiger partial charge in [-0.05, 0) is 71.3 Å². The fourth-order valence-electron chi connectivity index (χ4n) is 4.02. The molecule has 164 valence electrons. The van der Waals surface area contributed by atoms with Gasteiger partial charge in [-0.25, -0.2) is 0 Å². The van der Waals surface area contributed by atoms with Crippen LogP contribution in [0.3, 0.4) is 0 Å². The third-order valence-corrected chi connectivity index (χ3v) is 6.25. The van der Waals surface area contributed by atoms with Gasteiger partial charge >= 0.3 is 0 Å². The van der Waals surface area contributed by atoms with Gasteiger partial charge in [-0.15, -0.1) is 0 Å². The zero-order valence-corrected chi connectivity index (χ0v) is 18.5. The molecule has 6 heteroatoms. The average Bonchev–Trinajstić information content (AvgIpc) is 3.65. The monoisotopic (exact) mass is 455 g/mol. The van der Waals surface area contributed by atoms with Gasteiger partial charge in [-0.3, -0.25) is 14.6 Å². The lowest BCUT2D eigenvalue weighted by atomic mass is 10.1. The Kier molecular flexibility index (Phi) is 5.80. The van der Waals surface area contributed by atoms with Crippen LogP contribution in [0.2, 0.25) is 5.02 Å². The SMILES string of the molecule is O=C(NCc1ccc(Cl)cc1)c1ccc(C2CC2C(=O)Nc2ccc3cnccc3c2)cc1. The summed E-state index contributed by atoms with van der Waals surface area (Å²) in [4.78, 5) is 29.3. The smallest absolute Gasteiger partial charge is 0.251 e. The number of anilines is 1. The summed E-state index contributed by atoms with van der Waals surface area (Å²) in [5.41, 5.74) is 3.45. The van der Waals surface area contributed by atoms with E-state index in [-0.39, 0.29) is 23.7 Å². The number of halogens is 1. The lowest BCUT2D eigenvalue weighted by Gasteiger charge is -2.08. The summed E-state index contributed by atoms with van der Waals surface area (Å²) in [6.45, 7) is 0.438. The van der Waals surface area contributed by atoms with Crippen LogP contribution >= 0.6 is 11.6 Å².